The highest BCUT2D eigenvalue weighted by Crippen LogP contribution is 2.12. The van der Waals surface area contributed by atoms with Crippen molar-refractivity contribution in [3.63, 3.8) is 0 Å². The van der Waals surface area contributed by atoms with Crippen LogP contribution in [0.4, 0.5) is 0 Å². The fraction of sp³-hybridized carbons (Fsp3) is 0.444. The lowest BCUT2D eigenvalue weighted by Gasteiger charge is -2.13. The van der Waals surface area contributed by atoms with Crippen LogP contribution in [-0.4, -0.2) is 46.8 Å². The molecule has 0 fully saturated rings. The smallest absolute Gasteiger partial charge is 0.321 e. The molecule has 10 heteroatoms. The second-order valence-electron chi connectivity index (χ2n) is 3.80. The monoisotopic (exact) mass is 291 g/mol. The van der Waals surface area contributed by atoms with Crippen molar-refractivity contribution in [2.45, 2.75) is 30.7 Å². The predicted octanol–water partition coefficient (Wildman–Crippen LogP) is -0.686. The number of hydrogen-bond acceptors (Lipinski definition) is 5. The molecule has 0 bridgehead atoms. The summed E-state index contributed by atoms with van der Waals surface area (Å²) in [7, 11) is -4.06. The molecule has 0 aliphatic heterocycles. The van der Waals surface area contributed by atoms with Crippen LogP contribution in [0.15, 0.2) is 11.1 Å². The summed E-state index contributed by atoms with van der Waals surface area (Å²) < 4.78 is 25.7. The highest BCUT2D eigenvalue weighted by molar-refractivity contribution is 7.89. The van der Waals surface area contributed by atoms with E-state index in [4.69, 9.17) is 10.2 Å². The Hall–Kier alpha value is -1.94. The van der Waals surface area contributed by atoms with E-state index in [2.05, 4.69) is 10.2 Å². The first-order valence-electron chi connectivity index (χ1n) is 5.21. The summed E-state index contributed by atoms with van der Waals surface area (Å²) in [4.78, 5) is 21.1. The van der Waals surface area contributed by atoms with E-state index in [1.165, 1.54) is 6.92 Å². The fourth-order valence-corrected chi connectivity index (χ4v) is 2.72. The number of nitrogens with one attached hydrogen (secondary N) is 2. The maximum Gasteiger partial charge on any atom is 0.321 e. The minimum absolute atomic E-state index is 0.172. The summed E-state index contributed by atoms with van der Waals surface area (Å²) in [5.74, 6) is -2.64. The van der Waals surface area contributed by atoms with Gasteiger partial charge in [-0.2, -0.15) is 9.82 Å². The lowest BCUT2D eigenvalue weighted by atomic mass is 10.2. The molecule has 1 aromatic heterocycles. The van der Waals surface area contributed by atoms with E-state index in [0.29, 0.717) is 0 Å². The van der Waals surface area contributed by atoms with E-state index < -0.39 is 34.4 Å². The van der Waals surface area contributed by atoms with Crippen molar-refractivity contribution in [2.24, 2.45) is 0 Å². The van der Waals surface area contributed by atoms with E-state index in [-0.39, 0.29) is 17.0 Å². The number of sulfonamides is 1. The SMILES string of the molecule is Cc1[nH]ncc1S(=O)(=O)NC(CCC(=O)O)C(=O)O. The summed E-state index contributed by atoms with van der Waals surface area (Å²) in [6.07, 6.45) is 0.248. The molecule has 4 N–H and O–H groups in total. The zero-order chi connectivity index (χ0) is 14.6. The Bertz CT molecular complexity index is 579. The van der Waals surface area contributed by atoms with E-state index in [0.717, 1.165) is 6.20 Å². The van der Waals surface area contributed by atoms with Crippen molar-refractivity contribution in [3.8, 4) is 0 Å². The van der Waals surface area contributed by atoms with Crippen LogP contribution in [0.2, 0.25) is 0 Å². The first-order chi connectivity index (χ1) is 8.74. The highest BCUT2D eigenvalue weighted by Gasteiger charge is 2.27. The molecule has 0 spiro atoms. The fourth-order valence-electron chi connectivity index (χ4n) is 1.36. The number of aromatic nitrogens is 2. The van der Waals surface area contributed by atoms with Gasteiger partial charge in [-0.05, 0) is 13.3 Å². The number of aliphatic carboxylic acids is 2. The molecule has 1 aromatic rings. The van der Waals surface area contributed by atoms with Crippen molar-refractivity contribution < 1.29 is 28.2 Å². The number of carboxylic acid groups (broad SMARTS) is 2. The summed E-state index contributed by atoms with van der Waals surface area (Å²) in [5, 5.41) is 23.3. The van der Waals surface area contributed by atoms with E-state index in [1.807, 2.05) is 4.72 Å². The van der Waals surface area contributed by atoms with E-state index >= 15 is 0 Å². The van der Waals surface area contributed by atoms with Crippen LogP contribution in [0.1, 0.15) is 18.5 Å². The minimum Gasteiger partial charge on any atom is -0.481 e. The molecule has 0 amide bonds. The number of H-pyrrole nitrogens is 1. The van der Waals surface area contributed by atoms with Gasteiger partial charge < -0.3 is 10.2 Å². The number of aromatic amines is 1. The third-order valence-corrected chi connectivity index (χ3v) is 3.90. The number of hydrogen-bond donors (Lipinski definition) is 4. The molecule has 1 unspecified atom stereocenters. The van der Waals surface area contributed by atoms with Crippen LogP contribution in [0.25, 0.3) is 0 Å². The Morgan fingerprint density at radius 2 is 2.11 bits per heavy atom. The maximum atomic E-state index is 11.9. The molecular formula is C9H13N3O6S. The van der Waals surface area contributed by atoms with Crippen molar-refractivity contribution in [3.05, 3.63) is 11.9 Å². The molecule has 19 heavy (non-hydrogen) atoms. The number of carboxylic acids is 2. The lowest BCUT2D eigenvalue weighted by Crippen LogP contribution is -2.41. The number of carbonyl (C=O) groups is 2. The van der Waals surface area contributed by atoms with Crippen LogP contribution in [0.5, 0.6) is 0 Å². The molecule has 0 aliphatic carbocycles. The molecule has 1 heterocycles. The third-order valence-electron chi connectivity index (χ3n) is 2.32. The Balaban J connectivity index is 2.87. The molecule has 1 rings (SSSR count). The molecule has 1 atom stereocenters. The van der Waals surface area contributed by atoms with Gasteiger partial charge >= 0.3 is 11.9 Å². The Morgan fingerprint density at radius 1 is 1.47 bits per heavy atom. The quantitative estimate of drug-likeness (QED) is 0.519. The Labute approximate surface area is 108 Å². The Kier molecular flexibility index (Phi) is 4.62. The summed E-state index contributed by atoms with van der Waals surface area (Å²) in [6, 6.07) is -1.50. The average Bonchev–Trinajstić information content (AvgIpc) is 2.70. The zero-order valence-corrected chi connectivity index (χ0v) is 10.8. The largest absolute Gasteiger partial charge is 0.481 e. The highest BCUT2D eigenvalue weighted by atomic mass is 32.2. The van der Waals surface area contributed by atoms with Gasteiger partial charge in [0.05, 0.1) is 11.9 Å². The summed E-state index contributed by atoms with van der Waals surface area (Å²) in [6.45, 7) is 1.47. The molecule has 9 nitrogen and oxygen atoms in total. The van der Waals surface area contributed by atoms with Gasteiger partial charge in [0.1, 0.15) is 10.9 Å². The first-order valence-corrected chi connectivity index (χ1v) is 6.69. The lowest BCUT2D eigenvalue weighted by molar-refractivity contribution is -0.140. The maximum absolute atomic E-state index is 11.9. The normalized spacial score (nSPS) is 13.1. The van der Waals surface area contributed by atoms with Crippen LogP contribution >= 0.6 is 0 Å². The topological polar surface area (TPSA) is 149 Å². The molecule has 0 saturated heterocycles. The van der Waals surface area contributed by atoms with Gasteiger partial charge in [-0.1, -0.05) is 0 Å². The first kappa shape index (κ1) is 15.1. The van der Waals surface area contributed by atoms with Gasteiger partial charge in [-0.25, -0.2) is 8.42 Å². The van der Waals surface area contributed by atoms with Gasteiger partial charge in [0.2, 0.25) is 10.0 Å². The third kappa shape index (κ3) is 4.03. The number of aryl methyl sites for hydroxylation is 1. The van der Waals surface area contributed by atoms with Crippen LogP contribution < -0.4 is 4.72 Å². The van der Waals surface area contributed by atoms with E-state index in [9.17, 15) is 18.0 Å². The van der Waals surface area contributed by atoms with Crippen molar-refractivity contribution in [1.82, 2.24) is 14.9 Å². The van der Waals surface area contributed by atoms with Crippen molar-refractivity contribution >= 4 is 22.0 Å². The molecule has 0 radical (unpaired) electrons. The van der Waals surface area contributed by atoms with E-state index in [1.54, 1.807) is 0 Å². The average molecular weight is 291 g/mol. The molecule has 0 saturated carbocycles. The second-order valence-corrected chi connectivity index (χ2v) is 5.49. The van der Waals surface area contributed by atoms with Gasteiger partial charge in [-0.15, -0.1) is 0 Å². The summed E-state index contributed by atoms with van der Waals surface area (Å²) >= 11 is 0. The zero-order valence-electron chi connectivity index (χ0n) is 9.95. The van der Waals surface area contributed by atoms with Gasteiger partial charge in [0, 0.05) is 6.42 Å². The standard InChI is InChI=1S/C9H13N3O6S/c1-5-7(4-10-11-5)19(17,18)12-6(9(15)16)2-3-8(13)14/h4,6,12H,2-3H2,1H3,(H,10,11)(H,13,14)(H,15,16). The van der Waals surface area contributed by atoms with Crippen LogP contribution in [0.3, 0.4) is 0 Å². The predicted molar refractivity (Wildman–Crippen MR) is 61.9 cm³/mol. The van der Waals surface area contributed by atoms with Crippen LogP contribution in [0, 0.1) is 6.92 Å². The second kappa shape index (κ2) is 5.80. The van der Waals surface area contributed by atoms with Gasteiger partial charge in [0.15, 0.2) is 0 Å². The number of nitrogens with zero attached hydrogens (tertiary/aromatic N) is 1. The summed E-state index contributed by atoms with van der Waals surface area (Å²) in [5.41, 5.74) is 0.259. The van der Waals surface area contributed by atoms with Crippen molar-refractivity contribution in [1.29, 1.82) is 0 Å². The van der Waals surface area contributed by atoms with Gasteiger partial charge in [-0.3, -0.25) is 14.7 Å². The van der Waals surface area contributed by atoms with Gasteiger partial charge in [0.25, 0.3) is 0 Å². The Morgan fingerprint density at radius 3 is 2.53 bits per heavy atom. The minimum atomic E-state index is -4.06. The molecular weight excluding hydrogens is 278 g/mol. The van der Waals surface area contributed by atoms with Crippen molar-refractivity contribution in [2.75, 3.05) is 0 Å². The number of rotatable bonds is 7. The molecule has 0 aromatic carbocycles. The van der Waals surface area contributed by atoms with Crippen LogP contribution in [-0.2, 0) is 19.6 Å². The molecule has 106 valence electrons. The molecule has 0 aliphatic rings.